The lowest BCUT2D eigenvalue weighted by Gasteiger charge is -2.35. The second-order valence-corrected chi connectivity index (χ2v) is 7.23. The largest absolute Gasteiger partial charge is 0.504 e. The van der Waals surface area contributed by atoms with Crippen LogP contribution < -0.4 is 0 Å². The van der Waals surface area contributed by atoms with Crippen LogP contribution in [0.15, 0.2) is 0 Å². The summed E-state index contributed by atoms with van der Waals surface area (Å²) in [6, 6.07) is 0. The SMILES string of the molecule is CCO[Si](OCC)(OCC)C1CCCC1C. The van der Waals surface area contributed by atoms with E-state index in [-0.39, 0.29) is 0 Å². The van der Waals surface area contributed by atoms with Gasteiger partial charge in [-0.25, -0.2) is 0 Å². The lowest BCUT2D eigenvalue weighted by molar-refractivity contribution is 0.0571. The quantitative estimate of drug-likeness (QED) is 0.646. The Morgan fingerprint density at radius 3 is 1.75 bits per heavy atom. The summed E-state index contributed by atoms with van der Waals surface area (Å²) >= 11 is 0. The van der Waals surface area contributed by atoms with Crippen LogP contribution in [0.4, 0.5) is 0 Å². The molecule has 1 rings (SSSR count). The molecule has 0 radical (unpaired) electrons. The van der Waals surface area contributed by atoms with E-state index in [9.17, 15) is 0 Å². The normalized spacial score (nSPS) is 26.2. The first kappa shape index (κ1) is 14.2. The molecule has 1 saturated carbocycles. The molecule has 0 bridgehead atoms. The van der Waals surface area contributed by atoms with Crippen LogP contribution in [0.2, 0.25) is 5.54 Å². The van der Waals surface area contributed by atoms with Crippen molar-refractivity contribution in [2.45, 2.75) is 52.5 Å². The minimum Gasteiger partial charge on any atom is -0.374 e. The Bertz CT molecular complexity index is 182. The van der Waals surface area contributed by atoms with E-state index in [1.807, 2.05) is 20.8 Å². The minimum atomic E-state index is -2.43. The van der Waals surface area contributed by atoms with Gasteiger partial charge in [0, 0.05) is 25.4 Å². The maximum absolute atomic E-state index is 5.96. The molecule has 16 heavy (non-hydrogen) atoms. The Balaban J connectivity index is 2.79. The zero-order valence-electron chi connectivity index (χ0n) is 11.1. The molecule has 0 aromatic rings. The van der Waals surface area contributed by atoms with Crippen LogP contribution in [0.1, 0.15) is 47.0 Å². The molecule has 1 fully saturated rings. The van der Waals surface area contributed by atoms with Crippen molar-refractivity contribution in [2.75, 3.05) is 19.8 Å². The summed E-state index contributed by atoms with van der Waals surface area (Å²) in [6.07, 6.45) is 3.77. The Morgan fingerprint density at radius 1 is 0.938 bits per heavy atom. The molecule has 1 aliphatic rings. The molecule has 3 nitrogen and oxygen atoms in total. The average molecular weight is 246 g/mol. The van der Waals surface area contributed by atoms with E-state index in [1.54, 1.807) is 0 Å². The van der Waals surface area contributed by atoms with Gasteiger partial charge in [0.2, 0.25) is 0 Å². The predicted molar refractivity (Wildman–Crippen MR) is 67.4 cm³/mol. The highest BCUT2D eigenvalue weighted by atomic mass is 28.4. The van der Waals surface area contributed by atoms with E-state index < -0.39 is 8.80 Å². The van der Waals surface area contributed by atoms with Gasteiger partial charge in [0.25, 0.3) is 0 Å². The van der Waals surface area contributed by atoms with E-state index in [2.05, 4.69) is 6.92 Å². The summed E-state index contributed by atoms with van der Waals surface area (Å²) < 4.78 is 17.9. The van der Waals surface area contributed by atoms with Gasteiger partial charge in [-0.1, -0.05) is 19.8 Å². The van der Waals surface area contributed by atoms with Crippen molar-refractivity contribution in [1.82, 2.24) is 0 Å². The third kappa shape index (κ3) is 3.06. The van der Waals surface area contributed by atoms with Gasteiger partial charge in [0.15, 0.2) is 0 Å². The molecule has 4 heteroatoms. The molecule has 0 heterocycles. The fourth-order valence-electron chi connectivity index (χ4n) is 2.72. The maximum atomic E-state index is 5.96. The van der Waals surface area contributed by atoms with E-state index in [0.29, 0.717) is 31.3 Å². The molecular weight excluding hydrogens is 220 g/mol. The molecule has 2 atom stereocenters. The van der Waals surface area contributed by atoms with E-state index >= 15 is 0 Å². The monoisotopic (exact) mass is 246 g/mol. The van der Waals surface area contributed by atoms with E-state index in [4.69, 9.17) is 13.3 Å². The standard InChI is InChI=1S/C12H26O3Si/c1-5-13-16(14-6-2,15-7-3)12-10-8-9-11(12)4/h11-12H,5-10H2,1-4H3. The summed E-state index contributed by atoms with van der Waals surface area (Å²) in [4.78, 5) is 0. The fourth-order valence-corrected chi connectivity index (χ4v) is 6.24. The molecule has 0 amide bonds. The van der Waals surface area contributed by atoms with E-state index in [0.717, 1.165) is 0 Å². The van der Waals surface area contributed by atoms with Crippen LogP contribution in [0.25, 0.3) is 0 Å². The van der Waals surface area contributed by atoms with Crippen molar-refractivity contribution in [3.63, 3.8) is 0 Å². The first-order chi connectivity index (χ1) is 7.70. The summed E-state index contributed by atoms with van der Waals surface area (Å²) in [7, 11) is -2.43. The Morgan fingerprint density at radius 2 is 1.44 bits per heavy atom. The lowest BCUT2D eigenvalue weighted by atomic mass is 10.1. The summed E-state index contributed by atoms with van der Waals surface area (Å²) in [5, 5.41) is 0. The molecule has 0 spiro atoms. The van der Waals surface area contributed by atoms with Crippen molar-refractivity contribution in [2.24, 2.45) is 5.92 Å². The molecule has 96 valence electrons. The molecule has 0 N–H and O–H groups in total. The van der Waals surface area contributed by atoms with Crippen LogP contribution in [-0.4, -0.2) is 28.6 Å². The van der Waals surface area contributed by atoms with Gasteiger partial charge in [0.05, 0.1) is 0 Å². The Hall–Kier alpha value is 0.0969. The Kier molecular flexibility index (Phi) is 5.96. The minimum absolute atomic E-state index is 0.507. The Labute approximate surface area is 101 Å². The van der Waals surface area contributed by atoms with Gasteiger partial charge in [-0.2, -0.15) is 0 Å². The van der Waals surface area contributed by atoms with E-state index in [1.165, 1.54) is 19.3 Å². The van der Waals surface area contributed by atoms with Gasteiger partial charge in [-0.3, -0.25) is 0 Å². The van der Waals surface area contributed by atoms with Gasteiger partial charge < -0.3 is 13.3 Å². The van der Waals surface area contributed by atoms with Crippen LogP contribution >= 0.6 is 0 Å². The molecule has 1 aliphatic carbocycles. The third-order valence-electron chi connectivity index (χ3n) is 3.35. The zero-order valence-corrected chi connectivity index (χ0v) is 12.1. The number of hydrogen-bond donors (Lipinski definition) is 0. The van der Waals surface area contributed by atoms with Crippen LogP contribution in [0.5, 0.6) is 0 Å². The molecule has 0 aromatic carbocycles. The first-order valence-corrected chi connectivity index (χ1v) is 8.42. The van der Waals surface area contributed by atoms with Gasteiger partial charge in [-0.05, 0) is 33.1 Å². The topological polar surface area (TPSA) is 27.7 Å². The summed E-state index contributed by atoms with van der Waals surface area (Å²) in [5.74, 6) is 0.677. The number of hydrogen-bond acceptors (Lipinski definition) is 3. The van der Waals surface area contributed by atoms with Crippen molar-refractivity contribution >= 4 is 8.80 Å². The van der Waals surface area contributed by atoms with Gasteiger partial charge in [0.1, 0.15) is 0 Å². The second-order valence-electron chi connectivity index (χ2n) is 4.42. The van der Waals surface area contributed by atoms with Gasteiger partial charge in [-0.15, -0.1) is 0 Å². The molecule has 0 aliphatic heterocycles. The van der Waals surface area contributed by atoms with Crippen LogP contribution in [0.3, 0.4) is 0 Å². The first-order valence-electron chi connectivity index (χ1n) is 6.62. The maximum Gasteiger partial charge on any atom is 0.504 e. The molecule has 0 aromatic heterocycles. The zero-order chi connectivity index (χ0) is 12.0. The molecule has 0 saturated heterocycles. The summed E-state index contributed by atoms with van der Waals surface area (Å²) in [5.41, 5.74) is 0.507. The van der Waals surface area contributed by atoms with Gasteiger partial charge >= 0.3 is 8.80 Å². The molecule has 2 unspecified atom stereocenters. The lowest BCUT2D eigenvalue weighted by Crippen LogP contribution is -2.51. The highest BCUT2D eigenvalue weighted by Crippen LogP contribution is 2.44. The smallest absolute Gasteiger partial charge is 0.374 e. The predicted octanol–water partition coefficient (Wildman–Crippen LogP) is 3.23. The highest BCUT2D eigenvalue weighted by molar-refractivity contribution is 6.62. The number of rotatable bonds is 7. The summed E-state index contributed by atoms with van der Waals surface area (Å²) in [6.45, 7) is 10.5. The van der Waals surface area contributed by atoms with Crippen molar-refractivity contribution in [1.29, 1.82) is 0 Å². The van der Waals surface area contributed by atoms with Crippen molar-refractivity contribution < 1.29 is 13.3 Å². The molecular formula is C12H26O3Si. The van der Waals surface area contributed by atoms with Crippen molar-refractivity contribution in [3.8, 4) is 0 Å². The van der Waals surface area contributed by atoms with Crippen LogP contribution in [0, 0.1) is 5.92 Å². The fraction of sp³-hybridized carbons (Fsp3) is 1.00. The highest BCUT2D eigenvalue weighted by Gasteiger charge is 2.52. The second kappa shape index (κ2) is 6.74. The third-order valence-corrected chi connectivity index (χ3v) is 7.19. The average Bonchev–Trinajstić information content (AvgIpc) is 2.66. The van der Waals surface area contributed by atoms with Crippen molar-refractivity contribution in [3.05, 3.63) is 0 Å². The van der Waals surface area contributed by atoms with Crippen LogP contribution in [-0.2, 0) is 13.3 Å².